The van der Waals surface area contributed by atoms with Crippen LogP contribution in [0.5, 0.6) is 17.2 Å². The van der Waals surface area contributed by atoms with Gasteiger partial charge in [-0.05, 0) is 36.2 Å². The normalized spacial score (nSPS) is 10.5. The summed E-state index contributed by atoms with van der Waals surface area (Å²) in [5, 5.41) is 19.9. The number of para-hydroxylation sites is 1. The predicted octanol–water partition coefficient (Wildman–Crippen LogP) is 3.94. The Balaban J connectivity index is 1.51. The topological polar surface area (TPSA) is 118 Å². The first-order valence-corrected chi connectivity index (χ1v) is 10.6. The molecule has 0 aliphatic carbocycles. The lowest BCUT2D eigenvalue weighted by Crippen LogP contribution is -2.18. The first-order chi connectivity index (χ1) is 16.5. The van der Waals surface area contributed by atoms with Crippen LogP contribution >= 0.6 is 0 Å². The van der Waals surface area contributed by atoms with E-state index >= 15 is 0 Å². The Hall–Kier alpha value is -4.66. The number of carbonyl (C=O) groups excluding carboxylic acids is 2. The number of aromatic nitrogens is 3. The van der Waals surface area contributed by atoms with Crippen LogP contribution in [-0.2, 0) is 6.42 Å². The minimum absolute atomic E-state index is 0.0958. The average molecular weight is 457 g/mol. The molecule has 0 aliphatic rings. The van der Waals surface area contributed by atoms with Crippen molar-refractivity contribution >= 4 is 17.5 Å². The largest absolute Gasteiger partial charge is 0.504 e. The Morgan fingerprint density at radius 1 is 1.03 bits per heavy atom. The third-order valence-corrected chi connectivity index (χ3v) is 5.05. The SMILES string of the molecule is CCc1ccccc1-n1cc(O)c(C(=O)Nc2cccc(Oc3ccnc(C(=O)NC)c3)c2)n1. The van der Waals surface area contributed by atoms with Gasteiger partial charge >= 0.3 is 0 Å². The van der Waals surface area contributed by atoms with E-state index in [0.717, 1.165) is 17.7 Å². The van der Waals surface area contributed by atoms with E-state index in [9.17, 15) is 14.7 Å². The number of rotatable bonds is 7. The number of hydrogen-bond acceptors (Lipinski definition) is 6. The van der Waals surface area contributed by atoms with Gasteiger partial charge in [-0.2, -0.15) is 5.10 Å². The van der Waals surface area contributed by atoms with Crippen LogP contribution in [0.1, 0.15) is 33.5 Å². The summed E-state index contributed by atoms with van der Waals surface area (Å²) in [5.41, 5.74) is 2.41. The molecule has 0 atom stereocenters. The van der Waals surface area contributed by atoms with E-state index in [0.29, 0.717) is 17.2 Å². The van der Waals surface area contributed by atoms with Crippen molar-refractivity contribution < 1.29 is 19.4 Å². The number of aromatic hydroxyl groups is 1. The van der Waals surface area contributed by atoms with Gasteiger partial charge < -0.3 is 20.5 Å². The number of ether oxygens (including phenoxy) is 1. The summed E-state index contributed by atoms with van der Waals surface area (Å²) in [4.78, 5) is 28.6. The molecule has 4 aromatic rings. The van der Waals surface area contributed by atoms with Gasteiger partial charge in [-0.1, -0.05) is 31.2 Å². The molecular formula is C25H23N5O4. The Morgan fingerprint density at radius 2 is 1.82 bits per heavy atom. The van der Waals surface area contributed by atoms with Crippen molar-refractivity contribution in [2.45, 2.75) is 13.3 Å². The highest BCUT2D eigenvalue weighted by atomic mass is 16.5. The van der Waals surface area contributed by atoms with E-state index in [1.54, 1.807) is 30.3 Å². The maximum absolute atomic E-state index is 12.8. The van der Waals surface area contributed by atoms with E-state index in [-0.39, 0.29) is 23.0 Å². The maximum Gasteiger partial charge on any atom is 0.280 e. The predicted molar refractivity (Wildman–Crippen MR) is 127 cm³/mol. The molecule has 0 spiro atoms. The zero-order valence-corrected chi connectivity index (χ0v) is 18.6. The lowest BCUT2D eigenvalue weighted by molar-refractivity contribution is 0.0956. The summed E-state index contributed by atoms with van der Waals surface area (Å²) in [6.07, 6.45) is 3.67. The Kier molecular flexibility index (Phi) is 6.54. The summed E-state index contributed by atoms with van der Waals surface area (Å²) < 4.78 is 7.31. The smallest absolute Gasteiger partial charge is 0.280 e. The van der Waals surface area contributed by atoms with Crippen LogP contribution in [0.2, 0.25) is 0 Å². The number of nitrogens with one attached hydrogen (secondary N) is 2. The molecule has 4 rings (SSSR count). The van der Waals surface area contributed by atoms with Gasteiger partial charge in [0, 0.05) is 31.1 Å². The third kappa shape index (κ3) is 4.88. The fraction of sp³-hybridized carbons (Fsp3) is 0.120. The standard InChI is InChI=1S/C25H23N5O4/c1-3-16-7-4-5-10-21(16)30-15-22(31)23(29-30)25(33)28-17-8-6-9-18(13-17)34-19-11-12-27-20(14-19)24(32)26-2/h4-15,31H,3H2,1-2H3,(H,26,32)(H,28,33). The molecule has 172 valence electrons. The van der Waals surface area contributed by atoms with Gasteiger partial charge in [0.15, 0.2) is 11.4 Å². The molecule has 0 saturated heterocycles. The van der Waals surface area contributed by atoms with E-state index in [2.05, 4.69) is 20.7 Å². The van der Waals surface area contributed by atoms with Crippen LogP contribution in [0.4, 0.5) is 5.69 Å². The van der Waals surface area contributed by atoms with Gasteiger partial charge in [0.1, 0.15) is 17.2 Å². The van der Waals surface area contributed by atoms with E-state index < -0.39 is 5.91 Å². The highest BCUT2D eigenvalue weighted by molar-refractivity contribution is 6.04. The first-order valence-electron chi connectivity index (χ1n) is 10.6. The second-order valence-corrected chi connectivity index (χ2v) is 7.33. The molecule has 0 fully saturated rings. The van der Waals surface area contributed by atoms with Gasteiger partial charge in [-0.15, -0.1) is 0 Å². The molecule has 2 aromatic carbocycles. The van der Waals surface area contributed by atoms with Crippen molar-refractivity contribution in [2.75, 3.05) is 12.4 Å². The molecule has 0 bridgehead atoms. The fourth-order valence-electron chi connectivity index (χ4n) is 3.37. The number of aryl methyl sites for hydroxylation is 1. The van der Waals surface area contributed by atoms with Gasteiger partial charge in [-0.3, -0.25) is 14.6 Å². The zero-order chi connectivity index (χ0) is 24.1. The first kappa shape index (κ1) is 22.5. The van der Waals surface area contributed by atoms with Gasteiger partial charge in [-0.25, -0.2) is 4.68 Å². The minimum atomic E-state index is -0.562. The third-order valence-electron chi connectivity index (χ3n) is 5.05. The summed E-state index contributed by atoms with van der Waals surface area (Å²) in [7, 11) is 1.52. The van der Waals surface area contributed by atoms with E-state index in [1.807, 2.05) is 31.2 Å². The van der Waals surface area contributed by atoms with Crippen LogP contribution < -0.4 is 15.4 Å². The molecule has 9 heteroatoms. The molecule has 34 heavy (non-hydrogen) atoms. The van der Waals surface area contributed by atoms with Gasteiger partial charge in [0.05, 0.1) is 11.9 Å². The molecule has 2 heterocycles. The van der Waals surface area contributed by atoms with Crippen molar-refractivity contribution in [3.8, 4) is 22.9 Å². The van der Waals surface area contributed by atoms with Crippen LogP contribution in [0.3, 0.4) is 0 Å². The second-order valence-electron chi connectivity index (χ2n) is 7.33. The maximum atomic E-state index is 12.8. The summed E-state index contributed by atoms with van der Waals surface area (Å²) in [6.45, 7) is 2.02. The zero-order valence-electron chi connectivity index (χ0n) is 18.6. The van der Waals surface area contributed by atoms with Gasteiger partial charge in [0.25, 0.3) is 11.8 Å². The summed E-state index contributed by atoms with van der Waals surface area (Å²) >= 11 is 0. The highest BCUT2D eigenvalue weighted by Crippen LogP contribution is 2.26. The molecule has 2 aromatic heterocycles. The van der Waals surface area contributed by atoms with Crippen LogP contribution in [0.15, 0.2) is 73.1 Å². The number of nitrogens with zero attached hydrogens (tertiary/aromatic N) is 3. The lowest BCUT2D eigenvalue weighted by atomic mass is 10.1. The van der Waals surface area contributed by atoms with Crippen LogP contribution in [-0.4, -0.2) is 38.7 Å². The number of carbonyl (C=O) groups is 2. The Morgan fingerprint density at radius 3 is 2.62 bits per heavy atom. The number of amides is 2. The molecule has 3 N–H and O–H groups in total. The van der Waals surface area contributed by atoms with Crippen molar-refractivity contribution in [3.63, 3.8) is 0 Å². The fourth-order valence-corrected chi connectivity index (χ4v) is 3.37. The van der Waals surface area contributed by atoms with Crippen molar-refractivity contribution in [2.24, 2.45) is 0 Å². The Labute approximate surface area is 196 Å². The second kappa shape index (κ2) is 9.86. The van der Waals surface area contributed by atoms with Crippen LogP contribution in [0, 0.1) is 0 Å². The molecule has 0 unspecified atom stereocenters. The highest BCUT2D eigenvalue weighted by Gasteiger charge is 2.18. The molecule has 0 radical (unpaired) electrons. The van der Waals surface area contributed by atoms with Gasteiger partial charge in [0.2, 0.25) is 0 Å². The molecular weight excluding hydrogens is 434 g/mol. The number of anilines is 1. The van der Waals surface area contributed by atoms with Crippen LogP contribution in [0.25, 0.3) is 5.69 Å². The van der Waals surface area contributed by atoms with Crippen molar-refractivity contribution in [1.29, 1.82) is 0 Å². The molecule has 2 amide bonds. The van der Waals surface area contributed by atoms with E-state index in [1.165, 1.54) is 30.2 Å². The van der Waals surface area contributed by atoms with Crippen molar-refractivity contribution in [3.05, 3.63) is 90.0 Å². The summed E-state index contributed by atoms with van der Waals surface area (Å²) in [6, 6.07) is 17.5. The van der Waals surface area contributed by atoms with Crippen molar-refractivity contribution in [1.82, 2.24) is 20.1 Å². The number of pyridine rings is 1. The number of hydrogen-bond donors (Lipinski definition) is 3. The quantitative estimate of drug-likeness (QED) is 0.387. The molecule has 9 nitrogen and oxygen atoms in total. The Bertz CT molecular complexity index is 1350. The van der Waals surface area contributed by atoms with E-state index in [4.69, 9.17) is 4.74 Å². The number of benzene rings is 2. The monoisotopic (exact) mass is 457 g/mol. The minimum Gasteiger partial charge on any atom is -0.504 e. The molecule has 0 aliphatic heterocycles. The molecule has 0 saturated carbocycles. The average Bonchev–Trinajstić information content (AvgIpc) is 3.25. The lowest BCUT2D eigenvalue weighted by Gasteiger charge is -2.09. The summed E-state index contributed by atoms with van der Waals surface area (Å²) in [5.74, 6) is -0.253.